The van der Waals surface area contributed by atoms with Crippen LogP contribution in [0.15, 0.2) is 42.5 Å². The lowest BCUT2D eigenvalue weighted by Gasteiger charge is -2.10. The minimum atomic E-state index is -0.540. The van der Waals surface area contributed by atoms with Crippen LogP contribution in [0, 0.1) is 17.1 Å². The molecule has 0 amide bonds. The summed E-state index contributed by atoms with van der Waals surface area (Å²) in [5.74, 6) is -0.698. The van der Waals surface area contributed by atoms with Gasteiger partial charge in [0.05, 0.1) is 11.3 Å². The zero-order chi connectivity index (χ0) is 18.7. The lowest BCUT2D eigenvalue weighted by atomic mass is 10.0. The number of phenols is 1. The van der Waals surface area contributed by atoms with Crippen LogP contribution in [0.4, 0.5) is 10.2 Å². The van der Waals surface area contributed by atoms with Gasteiger partial charge in [-0.25, -0.2) is 14.4 Å². The number of aromatic nitrogens is 2. The molecular formula is C19H16FN5O. The van der Waals surface area contributed by atoms with Crippen molar-refractivity contribution < 1.29 is 9.50 Å². The topological polar surface area (TPSA) is 108 Å². The molecule has 26 heavy (non-hydrogen) atoms. The highest BCUT2D eigenvalue weighted by Gasteiger charge is 2.17. The molecule has 0 unspecified atom stereocenters. The van der Waals surface area contributed by atoms with E-state index in [1.807, 2.05) is 37.4 Å². The van der Waals surface area contributed by atoms with Gasteiger partial charge in [0.1, 0.15) is 29.0 Å². The van der Waals surface area contributed by atoms with Gasteiger partial charge in [0.25, 0.3) is 0 Å². The zero-order valence-corrected chi connectivity index (χ0v) is 14.0. The molecule has 0 aliphatic rings. The summed E-state index contributed by atoms with van der Waals surface area (Å²) >= 11 is 0. The van der Waals surface area contributed by atoms with Gasteiger partial charge in [-0.1, -0.05) is 24.3 Å². The van der Waals surface area contributed by atoms with Gasteiger partial charge in [0.15, 0.2) is 5.82 Å². The summed E-state index contributed by atoms with van der Waals surface area (Å²) < 4.78 is 13.6. The van der Waals surface area contributed by atoms with E-state index in [4.69, 9.17) is 5.73 Å². The predicted octanol–water partition coefficient (Wildman–Crippen LogP) is 2.83. The molecule has 1 heterocycles. The van der Waals surface area contributed by atoms with Gasteiger partial charge >= 0.3 is 0 Å². The van der Waals surface area contributed by atoms with Crippen LogP contribution in [0.2, 0.25) is 0 Å². The van der Waals surface area contributed by atoms with Crippen molar-refractivity contribution >= 4 is 5.82 Å². The Morgan fingerprint density at radius 1 is 1.19 bits per heavy atom. The van der Waals surface area contributed by atoms with Crippen molar-refractivity contribution in [3.63, 3.8) is 0 Å². The van der Waals surface area contributed by atoms with Gasteiger partial charge in [0.2, 0.25) is 0 Å². The second-order valence-electron chi connectivity index (χ2n) is 5.66. The first-order chi connectivity index (χ1) is 12.5. The maximum Gasteiger partial charge on any atom is 0.166 e. The highest BCUT2D eigenvalue weighted by molar-refractivity contribution is 5.76. The summed E-state index contributed by atoms with van der Waals surface area (Å²) in [6.07, 6.45) is 0. The third-order valence-electron chi connectivity index (χ3n) is 3.86. The van der Waals surface area contributed by atoms with Gasteiger partial charge < -0.3 is 16.2 Å². The van der Waals surface area contributed by atoms with Crippen LogP contribution in [-0.4, -0.2) is 22.1 Å². The van der Waals surface area contributed by atoms with Crippen LogP contribution in [0.5, 0.6) is 5.75 Å². The highest BCUT2D eigenvalue weighted by atomic mass is 19.1. The number of anilines is 1. The van der Waals surface area contributed by atoms with Crippen molar-refractivity contribution in [2.75, 3.05) is 12.8 Å². The van der Waals surface area contributed by atoms with Crippen molar-refractivity contribution in [1.29, 1.82) is 5.26 Å². The van der Waals surface area contributed by atoms with Crippen LogP contribution in [-0.2, 0) is 6.54 Å². The Balaban J connectivity index is 2.17. The Bertz CT molecular complexity index is 996. The molecular weight excluding hydrogens is 333 g/mol. The number of halogens is 1. The van der Waals surface area contributed by atoms with E-state index in [9.17, 15) is 14.8 Å². The van der Waals surface area contributed by atoms with Gasteiger partial charge in [-0.15, -0.1) is 0 Å². The van der Waals surface area contributed by atoms with E-state index in [1.165, 1.54) is 6.07 Å². The Morgan fingerprint density at radius 2 is 1.92 bits per heavy atom. The molecule has 2 aromatic carbocycles. The molecule has 7 heteroatoms. The average Bonchev–Trinajstić information content (AvgIpc) is 2.64. The minimum Gasteiger partial charge on any atom is -0.507 e. The molecule has 1 aromatic heterocycles. The standard InChI is InChI=1S/C19H16FN5O/c1-23-10-11-2-4-12(5-3-11)17-15(9-21)18(22)25-19(24-17)14-8-13(20)6-7-16(14)26/h2-8,23,26H,10H2,1H3,(H2,22,24,25). The molecule has 0 saturated carbocycles. The third kappa shape index (κ3) is 3.31. The average molecular weight is 349 g/mol. The molecule has 0 aliphatic heterocycles. The summed E-state index contributed by atoms with van der Waals surface area (Å²) in [4.78, 5) is 8.42. The van der Waals surface area contributed by atoms with Crippen LogP contribution in [0.3, 0.4) is 0 Å². The molecule has 3 aromatic rings. The Morgan fingerprint density at radius 3 is 2.58 bits per heavy atom. The molecule has 3 rings (SSSR count). The van der Waals surface area contributed by atoms with Gasteiger partial charge in [-0.2, -0.15) is 5.26 Å². The second-order valence-corrected chi connectivity index (χ2v) is 5.66. The zero-order valence-electron chi connectivity index (χ0n) is 14.0. The number of nitrogens with one attached hydrogen (secondary N) is 1. The lowest BCUT2D eigenvalue weighted by molar-refractivity contribution is 0.475. The first-order valence-electron chi connectivity index (χ1n) is 7.84. The lowest BCUT2D eigenvalue weighted by Crippen LogP contribution is -2.05. The summed E-state index contributed by atoms with van der Waals surface area (Å²) in [5.41, 5.74) is 8.22. The summed E-state index contributed by atoms with van der Waals surface area (Å²) in [7, 11) is 1.85. The third-order valence-corrected chi connectivity index (χ3v) is 3.86. The number of hydrogen-bond acceptors (Lipinski definition) is 6. The molecule has 130 valence electrons. The van der Waals surface area contributed by atoms with E-state index in [1.54, 1.807) is 0 Å². The number of nitrogen functional groups attached to an aromatic ring is 1. The largest absolute Gasteiger partial charge is 0.507 e. The van der Waals surface area contributed by atoms with Crippen LogP contribution >= 0.6 is 0 Å². The van der Waals surface area contributed by atoms with Gasteiger partial charge in [-0.3, -0.25) is 0 Å². The van der Waals surface area contributed by atoms with E-state index in [0.29, 0.717) is 17.8 Å². The first-order valence-corrected chi connectivity index (χ1v) is 7.84. The van der Waals surface area contributed by atoms with E-state index in [0.717, 1.165) is 17.7 Å². The van der Waals surface area contributed by atoms with E-state index in [-0.39, 0.29) is 28.5 Å². The highest BCUT2D eigenvalue weighted by Crippen LogP contribution is 2.32. The number of hydrogen-bond donors (Lipinski definition) is 3. The van der Waals surface area contributed by atoms with Gasteiger partial charge in [-0.05, 0) is 30.8 Å². The summed E-state index contributed by atoms with van der Waals surface area (Å²) in [5, 5.41) is 22.5. The number of nitrogens with two attached hydrogens (primary N) is 1. The monoisotopic (exact) mass is 349 g/mol. The number of rotatable bonds is 4. The SMILES string of the molecule is CNCc1ccc(-c2nc(-c3cc(F)ccc3O)nc(N)c2C#N)cc1. The van der Waals surface area contributed by atoms with Crippen molar-refractivity contribution in [1.82, 2.24) is 15.3 Å². The number of aromatic hydroxyl groups is 1. The molecule has 0 spiro atoms. The Hall–Kier alpha value is -3.50. The second kappa shape index (κ2) is 7.17. The number of phenolic OH excluding ortho intramolecular Hbond substituents is 1. The number of nitriles is 1. The fourth-order valence-electron chi connectivity index (χ4n) is 2.59. The maximum atomic E-state index is 13.6. The number of nitrogens with zero attached hydrogens (tertiary/aromatic N) is 3. The summed E-state index contributed by atoms with van der Waals surface area (Å²) in [6, 6.07) is 12.9. The first kappa shape index (κ1) is 17.3. The van der Waals surface area contributed by atoms with E-state index in [2.05, 4.69) is 15.3 Å². The van der Waals surface area contributed by atoms with Crippen molar-refractivity contribution in [2.24, 2.45) is 0 Å². The van der Waals surface area contributed by atoms with Crippen LogP contribution in [0.1, 0.15) is 11.1 Å². The molecule has 0 aliphatic carbocycles. The molecule has 0 atom stereocenters. The van der Waals surface area contributed by atoms with E-state index < -0.39 is 5.82 Å². The number of benzene rings is 2. The van der Waals surface area contributed by atoms with Crippen molar-refractivity contribution in [3.8, 4) is 34.5 Å². The molecule has 0 radical (unpaired) electrons. The van der Waals surface area contributed by atoms with Crippen LogP contribution in [0.25, 0.3) is 22.6 Å². The van der Waals surface area contributed by atoms with Crippen LogP contribution < -0.4 is 11.1 Å². The van der Waals surface area contributed by atoms with Gasteiger partial charge in [0, 0.05) is 12.1 Å². The molecule has 0 fully saturated rings. The molecule has 4 N–H and O–H groups in total. The Labute approximate surface area is 149 Å². The molecule has 0 bridgehead atoms. The minimum absolute atomic E-state index is 0.0320. The molecule has 0 saturated heterocycles. The van der Waals surface area contributed by atoms with Crippen molar-refractivity contribution in [2.45, 2.75) is 6.54 Å². The quantitative estimate of drug-likeness (QED) is 0.668. The van der Waals surface area contributed by atoms with E-state index >= 15 is 0 Å². The normalized spacial score (nSPS) is 10.5. The molecule has 6 nitrogen and oxygen atoms in total. The summed E-state index contributed by atoms with van der Waals surface area (Å²) in [6.45, 7) is 0.708. The smallest absolute Gasteiger partial charge is 0.166 e. The van der Waals surface area contributed by atoms with Crippen molar-refractivity contribution in [3.05, 3.63) is 59.4 Å². The maximum absolute atomic E-state index is 13.6. The Kier molecular flexibility index (Phi) is 4.78. The fraction of sp³-hybridized carbons (Fsp3) is 0.105. The predicted molar refractivity (Wildman–Crippen MR) is 96.4 cm³/mol. The fourth-order valence-corrected chi connectivity index (χ4v) is 2.59.